The SMILES string of the molecule is CN1C=NC2=CNC(=O)NC21.Cn1ccc2cc([N+](=O)[O-])ccc21.Cn1cnc2c([N+](=O)[O-])cccc21. The second-order valence-electron chi connectivity index (χ2n) is 8.18. The van der Waals surface area contributed by atoms with Crippen molar-refractivity contribution in [3.05, 3.63) is 87.1 Å². The van der Waals surface area contributed by atoms with Gasteiger partial charge in [0, 0.05) is 62.6 Å². The zero-order valence-corrected chi connectivity index (χ0v) is 20.1. The summed E-state index contributed by atoms with van der Waals surface area (Å²) in [6, 6.07) is 11.4. The number of aromatic nitrogens is 3. The molecule has 37 heavy (non-hydrogen) atoms. The van der Waals surface area contributed by atoms with E-state index in [2.05, 4.69) is 20.6 Å². The number of nitro benzene ring substituents is 2. The third kappa shape index (κ3) is 5.22. The van der Waals surface area contributed by atoms with Gasteiger partial charge in [0.15, 0.2) is 5.52 Å². The van der Waals surface area contributed by atoms with Gasteiger partial charge in [0.05, 0.1) is 28.0 Å². The van der Waals surface area contributed by atoms with Crippen molar-refractivity contribution in [1.82, 2.24) is 29.7 Å². The Morgan fingerprint density at radius 3 is 2.49 bits per heavy atom. The fourth-order valence-corrected chi connectivity index (χ4v) is 3.77. The number of amides is 2. The lowest BCUT2D eigenvalue weighted by molar-refractivity contribution is -0.384. The number of aryl methyl sites for hydroxylation is 2. The van der Waals surface area contributed by atoms with Gasteiger partial charge in [0.1, 0.15) is 11.9 Å². The van der Waals surface area contributed by atoms with Crippen molar-refractivity contribution in [2.24, 2.45) is 19.1 Å². The molecule has 4 heterocycles. The summed E-state index contributed by atoms with van der Waals surface area (Å²) in [5.74, 6) is 0. The minimum Gasteiger partial charge on any atom is -0.351 e. The van der Waals surface area contributed by atoms with Gasteiger partial charge in [-0.15, -0.1) is 0 Å². The quantitative estimate of drug-likeness (QED) is 0.312. The van der Waals surface area contributed by atoms with Crippen molar-refractivity contribution in [3.8, 4) is 0 Å². The third-order valence-electron chi connectivity index (χ3n) is 5.71. The molecule has 2 aliphatic rings. The molecule has 190 valence electrons. The predicted octanol–water partition coefficient (Wildman–Crippen LogP) is 3.01. The highest BCUT2D eigenvalue weighted by molar-refractivity contribution is 5.84. The van der Waals surface area contributed by atoms with E-state index in [1.165, 1.54) is 12.1 Å². The maximum Gasteiger partial charge on any atom is 0.320 e. The number of benzene rings is 2. The maximum absolute atomic E-state index is 10.8. The average Bonchev–Trinajstić information content (AvgIpc) is 3.57. The number of hydrogen-bond acceptors (Lipinski definition) is 8. The van der Waals surface area contributed by atoms with Gasteiger partial charge in [0.2, 0.25) is 0 Å². The molecule has 2 aliphatic heterocycles. The highest BCUT2D eigenvalue weighted by Gasteiger charge is 2.27. The molecule has 2 amide bonds. The predicted molar refractivity (Wildman–Crippen MR) is 137 cm³/mol. The first-order chi connectivity index (χ1) is 17.7. The van der Waals surface area contributed by atoms with Crippen LogP contribution in [0.5, 0.6) is 0 Å². The first-order valence-corrected chi connectivity index (χ1v) is 10.9. The fraction of sp³-hybridized carbons (Fsp3) is 0.174. The fourth-order valence-electron chi connectivity index (χ4n) is 3.77. The van der Waals surface area contributed by atoms with Crippen LogP contribution in [0, 0.1) is 20.2 Å². The molecule has 0 aliphatic carbocycles. The number of aliphatic imine (C=N–C) groups is 1. The van der Waals surface area contributed by atoms with Gasteiger partial charge in [-0.05, 0) is 18.2 Å². The molecular weight excluding hydrogens is 482 g/mol. The Hall–Kier alpha value is -5.27. The van der Waals surface area contributed by atoms with Crippen LogP contribution in [0.1, 0.15) is 0 Å². The minimum atomic E-state index is -0.421. The Balaban J connectivity index is 0.000000130. The number of nitro groups is 2. The van der Waals surface area contributed by atoms with Crippen LogP contribution in [0.15, 0.2) is 71.9 Å². The van der Waals surface area contributed by atoms with Gasteiger partial charge in [-0.1, -0.05) is 6.07 Å². The van der Waals surface area contributed by atoms with Crippen LogP contribution in [0.4, 0.5) is 16.2 Å². The number of likely N-dealkylation sites (N-methyl/N-ethyl adjacent to an activating group) is 1. The summed E-state index contributed by atoms with van der Waals surface area (Å²) in [4.78, 5) is 40.9. The van der Waals surface area contributed by atoms with Crippen LogP contribution in [-0.4, -0.2) is 54.4 Å². The first-order valence-electron chi connectivity index (χ1n) is 10.9. The summed E-state index contributed by atoms with van der Waals surface area (Å²) in [5, 5.41) is 27.2. The van der Waals surface area contributed by atoms with E-state index in [0.717, 1.165) is 22.1 Å². The average molecular weight is 505 g/mol. The third-order valence-corrected chi connectivity index (χ3v) is 5.71. The van der Waals surface area contributed by atoms with Gasteiger partial charge >= 0.3 is 6.03 Å². The van der Waals surface area contributed by atoms with Crippen molar-refractivity contribution in [1.29, 1.82) is 0 Å². The molecule has 2 N–H and O–H groups in total. The molecule has 0 saturated carbocycles. The summed E-state index contributed by atoms with van der Waals surface area (Å²) in [7, 11) is 5.58. The largest absolute Gasteiger partial charge is 0.351 e. The summed E-state index contributed by atoms with van der Waals surface area (Å²) in [6.45, 7) is 0. The molecule has 0 fully saturated rings. The van der Waals surface area contributed by atoms with E-state index in [0.29, 0.717) is 5.52 Å². The molecule has 14 nitrogen and oxygen atoms in total. The topological polar surface area (TPSA) is 166 Å². The number of nitrogens with zero attached hydrogens (tertiary/aromatic N) is 7. The number of rotatable bonds is 2. The number of carbonyl (C=O) groups is 1. The Labute approximate surface area is 209 Å². The molecule has 1 unspecified atom stereocenters. The number of hydrogen-bond donors (Lipinski definition) is 2. The monoisotopic (exact) mass is 505 g/mol. The van der Waals surface area contributed by atoms with Crippen molar-refractivity contribution >= 4 is 45.7 Å². The highest BCUT2D eigenvalue weighted by Crippen LogP contribution is 2.23. The molecule has 0 saturated heterocycles. The van der Waals surface area contributed by atoms with Gasteiger partial charge in [-0.25, -0.2) is 14.8 Å². The van der Waals surface area contributed by atoms with Gasteiger partial charge in [-0.3, -0.25) is 20.2 Å². The summed E-state index contributed by atoms with van der Waals surface area (Å²) < 4.78 is 3.68. The van der Waals surface area contributed by atoms with E-state index >= 15 is 0 Å². The Kier molecular flexibility index (Phi) is 6.81. The zero-order chi connectivity index (χ0) is 26.7. The van der Waals surface area contributed by atoms with Crippen molar-refractivity contribution in [2.45, 2.75) is 6.17 Å². The molecule has 0 bridgehead atoms. The maximum atomic E-state index is 10.8. The lowest BCUT2D eigenvalue weighted by Gasteiger charge is -2.24. The van der Waals surface area contributed by atoms with E-state index in [1.807, 2.05) is 35.8 Å². The Morgan fingerprint density at radius 2 is 1.76 bits per heavy atom. The zero-order valence-electron chi connectivity index (χ0n) is 20.1. The Bertz CT molecular complexity index is 1570. The van der Waals surface area contributed by atoms with E-state index < -0.39 is 4.92 Å². The summed E-state index contributed by atoms with van der Waals surface area (Å²) in [6.07, 6.45) is 6.67. The van der Waals surface area contributed by atoms with E-state index in [9.17, 15) is 25.0 Å². The number of nitrogens with one attached hydrogen (secondary N) is 2. The second-order valence-corrected chi connectivity index (χ2v) is 8.18. The second kappa shape index (κ2) is 10.2. The minimum absolute atomic E-state index is 0.0538. The van der Waals surface area contributed by atoms with Crippen LogP contribution in [0.25, 0.3) is 21.9 Å². The number of carbonyl (C=O) groups excluding carboxylic acids is 1. The summed E-state index contributed by atoms with van der Waals surface area (Å²) >= 11 is 0. The van der Waals surface area contributed by atoms with Crippen molar-refractivity contribution in [3.63, 3.8) is 0 Å². The molecule has 14 heteroatoms. The molecule has 0 spiro atoms. The van der Waals surface area contributed by atoms with Gasteiger partial charge < -0.3 is 24.7 Å². The van der Waals surface area contributed by atoms with E-state index in [4.69, 9.17) is 0 Å². The van der Waals surface area contributed by atoms with Crippen LogP contribution >= 0.6 is 0 Å². The molecule has 0 radical (unpaired) electrons. The summed E-state index contributed by atoms with van der Waals surface area (Å²) in [5.41, 5.74) is 3.25. The van der Waals surface area contributed by atoms with E-state index in [-0.39, 0.29) is 28.5 Å². The molecular formula is C23H23N9O5. The number of fused-ring (bicyclic) bond motifs is 3. The standard InChI is InChI=1S/C9H8N2O2.C8H7N3O2.C6H8N4O/c1-10-5-4-7-6-8(11(12)13)2-3-9(7)10;1-10-5-9-8-6(10)3-2-4-7(8)11(12)13;1-10-3-8-4-2-7-6(11)9-5(4)10/h2-6H,1H3;2-5H,1H3;2-3,5H,1H3,(H2,7,9,11). The smallest absolute Gasteiger partial charge is 0.320 e. The first kappa shape index (κ1) is 24.8. The molecule has 1 atom stereocenters. The molecule has 2 aromatic heterocycles. The van der Waals surface area contributed by atoms with Crippen molar-refractivity contribution < 1.29 is 14.6 Å². The van der Waals surface area contributed by atoms with Gasteiger partial charge in [0.25, 0.3) is 11.4 Å². The van der Waals surface area contributed by atoms with Crippen LogP contribution in [-0.2, 0) is 14.1 Å². The molecule has 4 aromatic rings. The Morgan fingerprint density at radius 1 is 0.973 bits per heavy atom. The number of urea groups is 1. The molecule has 2 aromatic carbocycles. The normalized spacial score (nSPS) is 15.5. The van der Waals surface area contributed by atoms with Crippen LogP contribution in [0.3, 0.4) is 0 Å². The number of para-hydroxylation sites is 1. The van der Waals surface area contributed by atoms with Crippen LogP contribution in [0.2, 0.25) is 0 Å². The van der Waals surface area contributed by atoms with Gasteiger partial charge in [-0.2, -0.15) is 0 Å². The lowest BCUT2D eigenvalue weighted by Crippen LogP contribution is -2.50. The number of imidazole rings is 1. The van der Waals surface area contributed by atoms with Crippen molar-refractivity contribution in [2.75, 3.05) is 7.05 Å². The lowest BCUT2D eigenvalue weighted by atomic mass is 10.2. The molecule has 6 rings (SSSR count). The van der Waals surface area contributed by atoms with E-state index in [1.54, 1.807) is 54.7 Å². The van der Waals surface area contributed by atoms with Crippen LogP contribution < -0.4 is 10.6 Å². The number of non-ortho nitro benzene ring substituents is 2. The highest BCUT2D eigenvalue weighted by atomic mass is 16.6.